The van der Waals surface area contributed by atoms with Crippen molar-refractivity contribution in [1.82, 2.24) is 0 Å². The van der Waals surface area contributed by atoms with Crippen molar-refractivity contribution in [2.75, 3.05) is 13.2 Å². The number of allylic oxidation sites excluding steroid dienone is 16. The zero-order chi connectivity index (χ0) is 59.2. The highest BCUT2D eigenvalue weighted by molar-refractivity contribution is 5.71. The fourth-order valence-corrected chi connectivity index (χ4v) is 10.1. The van der Waals surface area contributed by atoms with E-state index in [1.807, 2.05) is 0 Å². The molecule has 1 unspecified atom stereocenters. The van der Waals surface area contributed by atoms with Crippen LogP contribution in [0, 0.1) is 0 Å². The molecule has 0 saturated carbocycles. The first kappa shape index (κ1) is 78.3. The van der Waals surface area contributed by atoms with E-state index in [9.17, 15) is 14.4 Å². The lowest BCUT2D eigenvalue weighted by molar-refractivity contribution is -0.167. The molecule has 0 fully saturated rings. The van der Waals surface area contributed by atoms with Crippen molar-refractivity contribution in [3.05, 3.63) is 97.2 Å². The molecule has 6 nitrogen and oxygen atoms in total. The first-order chi connectivity index (χ1) is 40.5. The number of esters is 3. The molecule has 0 spiro atoms. The summed E-state index contributed by atoms with van der Waals surface area (Å²) in [5, 5.41) is 0. The maximum Gasteiger partial charge on any atom is 0.306 e. The number of unbranched alkanes of at least 4 members (excludes halogenated alkanes) is 37. The minimum Gasteiger partial charge on any atom is -0.462 e. The van der Waals surface area contributed by atoms with Crippen molar-refractivity contribution in [3.63, 3.8) is 0 Å². The van der Waals surface area contributed by atoms with E-state index in [2.05, 4.69) is 118 Å². The van der Waals surface area contributed by atoms with Crippen LogP contribution in [0.15, 0.2) is 97.2 Å². The largest absolute Gasteiger partial charge is 0.462 e. The summed E-state index contributed by atoms with van der Waals surface area (Å²) in [4.78, 5) is 38.5. The smallest absolute Gasteiger partial charge is 0.306 e. The molecule has 0 saturated heterocycles. The van der Waals surface area contributed by atoms with Crippen LogP contribution in [0.3, 0.4) is 0 Å². The Morgan fingerprint density at radius 3 is 0.744 bits per heavy atom. The minimum absolute atomic E-state index is 0.0850. The second kappa shape index (κ2) is 69.8. The second-order valence-corrected chi connectivity index (χ2v) is 23.4. The normalized spacial score (nSPS) is 12.7. The summed E-state index contributed by atoms with van der Waals surface area (Å²) in [6, 6.07) is 0. The van der Waals surface area contributed by atoms with Gasteiger partial charge in [-0.25, -0.2) is 0 Å². The molecule has 0 heterocycles. The summed E-state index contributed by atoms with van der Waals surface area (Å²) in [6.07, 6.45) is 94.2. The van der Waals surface area contributed by atoms with Gasteiger partial charge >= 0.3 is 17.9 Å². The number of carbonyl (C=O) groups excluding carboxylic acids is 3. The fourth-order valence-electron chi connectivity index (χ4n) is 10.1. The van der Waals surface area contributed by atoms with Crippen LogP contribution in [-0.4, -0.2) is 37.2 Å². The molecular formula is C76H132O6. The third kappa shape index (κ3) is 67.1. The lowest BCUT2D eigenvalue weighted by Crippen LogP contribution is -2.30. The molecule has 0 bridgehead atoms. The summed E-state index contributed by atoms with van der Waals surface area (Å²) in [6.45, 7) is 6.54. The van der Waals surface area contributed by atoms with Gasteiger partial charge in [-0.05, 0) is 103 Å². The molecule has 1 atom stereocenters. The van der Waals surface area contributed by atoms with E-state index >= 15 is 0 Å². The SMILES string of the molecule is CC/C=C\C/C=C\C/C=C\C/C=C\C/C=C\C/C=C\CCCCCCC(=O)OC(COC(=O)CCCCCCCCCCCCCCC/C=C\C/C=C\CCCCCCC)COC(=O)CCCCCCCCCCCCCCCCCC. The maximum atomic E-state index is 13.0. The average molecular weight is 1140 g/mol. The Kier molecular flexibility index (Phi) is 66.7. The summed E-state index contributed by atoms with van der Waals surface area (Å²) < 4.78 is 17.0. The summed E-state index contributed by atoms with van der Waals surface area (Å²) in [5.41, 5.74) is 0. The Labute approximate surface area is 508 Å². The zero-order valence-corrected chi connectivity index (χ0v) is 54.2. The molecule has 0 rings (SSSR count). The van der Waals surface area contributed by atoms with Gasteiger partial charge in [0.25, 0.3) is 0 Å². The van der Waals surface area contributed by atoms with Crippen molar-refractivity contribution in [3.8, 4) is 0 Å². The van der Waals surface area contributed by atoms with Crippen molar-refractivity contribution in [1.29, 1.82) is 0 Å². The third-order valence-electron chi connectivity index (χ3n) is 15.3. The molecule has 0 aliphatic carbocycles. The third-order valence-corrected chi connectivity index (χ3v) is 15.3. The monoisotopic (exact) mass is 1140 g/mol. The van der Waals surface area contributed by atoms with Crippen LogP contribution in [0.4, 0.5) is 0 Å². The minimum atomic E-state index is -0.793. The number of hydrogen-bond donors (Lipinski definition) is 0. The second-order valence-electron chi connectivity index (χ2n) is 23.4. The Bertz CT molecular complexity index is 1590. The van der Waals surface area contributed by atoms with Crippen LogP contribution in [0.2, 0.25) is 0 Å². The van der Waals surface area contributed by atoms with E-state index in [1.54, 1.807) is 0 Å². The molecule has 82 heavy (non-hydrogen) atoms. The van der Waals surface area contributed by atoms with E-state index in [0.717, 1.165) is 116 Å². The lowest BCUT2D eigenvalue weighted by Gasteiger charge is -2.18. The number of hydrogen-bond acceptors (Lipinski definition) is 6. The van der Waals surface area contributed by atoms with Gasteiger partial charge in [0.2, 0.25) is 0 Å². The average Bonchev–Trinajstić information content (AvgIpc) is 3.47. The predicted molar refractivity (Wildman–Crippen MR) is 357 cm³/mol. The van der Waals surface area contributed by atoms with Crippen LogP contribution < -0.4 is 0 Å². The standard InChI is InChI=1S/C76H132O6/c1-4-7-10-13-16-19-22-25-28-31-33-35-37-38-40-41-43-45-48-51-54-57-60-63-66-69-75(78)81-72-73(71-80-74(77)68-65-62-59-56-53-50-47-30-27-24-21-18-15-12-9-6-3)82-76(79)70-67-64-61-58-55-52-49-46-44-42-39-36-34-32-29-26-23-20-17-14-11-8-5-2/h8,11,17,20,22,25-26,29,31,33-34,36,42,44,49,52,73H,4-7,9-10,12-16,18-19,21,23-24,27-28,30,32,35,37-41,43,45-48,50-51,53-72H2,1-3H3/b11-8-,20-17-,25-22-,29-26-,33-31-,36-34-,44-42-,52-49-. The van der Waals surface area contributed by atoms with E-state index in [4.69, 9.17) is 14.2 Å². The van der Waals surface area contributed by atoms with Gasteiger partial charge in [-0.15, -0.1) is 0 Å². The van der Waals surface area contributed by atoms with Crippen LogP contribution in [0.25, 0.3) is 0 Å². The van der Waals surface area contributed by atoms with Crippen molar-refractivity contribution < 1.29 is 28.6 Å². The van der Waals surface area contributed by atoms with Gasteiger partial charge in [0.05, 0.1) is 0 Å². The van der Waals surface area contributed by atoms with Crippen molar-refractivity contribution in [2.24, 2.45) is 0 Å². The summed E-state index contributed by atoms with van der Waals surface area (Å²) in [7, 11) is 0. The topological polar surface area (TPSA) is 78.9 Å². The molecular weight excluding hydrogens is 1010 g/mol. The molecule has 0 aromatic heterocycles. The lowest BCUT2D eigenvalue weighted by atomic mass is 10.0. The number of rotatable bonds is 64. The van der Waals surface area contributed by atoms with E-state index in [0.29, 0.717) is 19.3 Å². The quantitative estimate of drug-likeness (QED) is 0.0261. The van der Waals surface area contributed by atoms with Gasteiger partial charge in [-0.3, -0.25) is 14.4 Å². The molecule has 0 aromatic rings. The molecule has 6 heteroatoms. The van der Waals surface area contributed by atoms with Crippen LogP contribution >= 0.6 is 0 Å². The Morgan fingerprint density at radius 1 is 0.256 bits per heavy atom. The number of carbonyl (C=O) groups is 3. The first-order valence-corrected chi connectivity index (χ1v) is 35.2. The highest BCUT2D eigenvalue weighted by Crippen LogP contribution is 2.17. The Balaban J connectivity index is 4.38. The highest BCUT2D eigenvalue weighted by atomic mass is 16.6. The van der Waals surface area contributed by atoms with Gasteiger partial charge in [-0.1, -0.05) is 323 Å². The van der Waals surface area contributed by atoms with E-state index in [-0.39, 0.29) is 31.1 Å². The Hall–Kier alpha value is -3.67. The zero-order valence-electron chi connectivity index (χ0n) is 54.2. The Morgan fingerprint density at radius 2 is 0.476 bits per heavy atom. The maximum absolute atomic E-state index is 13.0. The van der Waals surface area contributed by atoms with Gasteiger partial charge < -0.3 is 14.2 Å². The van der Waals surface area contributed by atoms with E-state index < -0.39 is 6.10 Å². The molecule has 0 radical (unpaired) electrons. The van der Waals surface area contributed by atoms with Gasteiger partial charge in [0.15, 0.2) is 6.10 Å². The van der Waals surface area contributed by atoms with Crippen LogP contribution in [-0.2, 0) is 28.6 Å². The van der Waals surface area contributed by atoms with Gasteiger partial charge in [0, 0.05) is 19.3 Å². The van der Waals surface area contributed by atoms with Crippen LogP contribution in [0.5, 0.6) is 0 Å². The first-order valence-electron chi connectivity index (χ1n) is 35.2. The molecule has 0 N–H and O–H groups in total. The molecule has 0 aliphatic heterocycles. The summed E-state index contributed by atoms with van der Waals surface area (Å²) >= 11 is 0. The van der Waals surface area contributed by atoms with Gasteiger partial charge in [0.1, 0.15) is 13.2 Å². The number of ether oxygens (including phenoxy) is 3. The molecule has 472 valence electrons. The van der Waals surface area contributed by atoms with Crippen molar-refractivity contribution in [2.45, 2.75) is 354 Å². The van der Waals surface area contributed by atoms with Gasteiger partial charge in [-0.2, -0.15) is 0 Å². The molecule has 0 aliphatic rings. The molecule has 0 amide bonds. The fraction of sp³-hybridized carbons (Fsp3) is 0.750. The van der Waals surface area contributed by atoms with E-state index in [1.165, 1.54) is 193 Å². The predicted octanol–water partition coefficient (Wildman–Crippen LogP) is 24.4. The highest BCUT2D eigenvalue weighted by Gasteiger charge is 2.19. The summed E-state index contributed by atoms with van der Waals surface area (Å²) in [5.74, 6) is -0.893. The van der Waals surface area contributed by atoms with Crippen molar-refractivity contribution >= 4 is 17.9 Å². The van der Waals surface area contributed by atoms with Crippen LogP contribution in [0.1, 0.15) is 348 Å². The molecule has 0 aromatic carbocycles.